The summed E-state index contributed by atoms with van der Waals surface area (Å²) in [6, 6.07) is 0.507. The normalized spacial score (nSPS) is 28.4. The van der Waals surface area contributed by atoms with Crippen LogP contribution < -0.4 is 0 Å². The first-order valence-corrected chi connectivity index (χ1v) is 8.16. The van der Waals surface area contributed by atoms with Gasteiger partial charge in [-0.3, -0.25) is 4.90 Å². The van der Waals surface area contributed by atoms with E-state index < -0.39 is 0 Å². The number of aliphatic hydroxyl groups excluding tert-OH is 1. The van der Waals surface area contributed by atoms with E-state index in [1.807, 2.05) is 0 Å². The summed E-state index contributed by atoms with van der Waals surface area (Å²) in [5.74, 6) is 1.14. The second kappa shape index (κ2) is 7.77. The predicted octanol–water partition coefficient (Wildman–Crippen LogP) is 3.17. The van der Waals surface area contributed by atoms with Gasteiger partial charge in [0.25, 0.3) is 0 Å². The number of hydrogen-bond donors (Lipinski definition) is 1. The SMILES string of the molecule is COCCN(CC1CC(C(C)(C)C)CCC1O)C(C)C. The molecule has 3 unspecified atom stereocenters. The minimum Gasteiger partial charge on any atom is -0.393 e. The largest absolute Gasteiger partial charge is 0.393 e. The van der Waals surface area contributed by atoms with Crippen molar-refractivity contribution in [2.75, 3.05) is 26.8 Å². The van der Waals surface area contributed by atoms with E-state index in [1.165, 1.54) is 6.42 Å². The summed E-state index contributed by atoms with van der Waals surface area (Å²) in [5.41, 5.74) is 0.355. The molecule has 120 valence electrons. The Morgan fingerprint density at radius 2 is 1.90 bits per heavy atom. The predicted molar refractivity (Wildman–Crippen MR) is 84.9 cm³/mol. The molecule has 1 aliphatic carbocycles. The van der Waals surface area contributed by atoms with E-state index in [2.05, 4.69) is 39.5 Å². The average molecular weight is 285 g/mol. The lowest BCUT2D eigenvalue weighted by Crippen LogP contribution is -2.44. The maximum Gasteiger partial charge on any atom is 0.0589 e. The Balaban J connectivity index is 2.61. The molecule has 3 heteroatoms. The van der Waals surface area contributed by atoms with Crippen LogP contribution in [-0.2, 0) is 4.74 Å². The smallest absolute Gasteiger partial charge is 0.0589 e. The molecule has 3 atom stereocenters. The summed E-state index contributed by atoms with van der Waals surface area (Å²) in [6.45, 7) is 14.2. The molecule has 0 radical (unpaired) electrons. The van der Waals surface area contributed by atoms with Gasteiger partial charge in [0.05, 0.1) is 12.7 Å². The van der Waals surface area contributed by atoms with Gasteiger partial charge in [-0.1, -0.05) is 20.8 Å². The summed E-state index contributed by atoms with van der Waals surface area (Å²) in [6.07, 6.45) is 3.15. The second-order valence-electron chi connectivity index (χ2n) is 7.78. The first kappa shape index (κ1) is 17.9. The van der Waals surface area contributed by atoms with Crippen molar-refractivity contribution in [2.45, 2.75) is 66.0 Å². The van der Waals surface area contributed by atoms with Crippen molar-refractivity contribution in [3.05, 3.63) is 0 Å². The van der Waals surface area contributed by atoms with Gasteiger partial charge in [0.15, 0.2) is 0 Å². The molecule has 0 aromatic rings. The minimum absolute atomic E-state index is 0.127. The zero-order valence-electron chi connectivity index (χ0n) is 14.4. The first-order valence-electron chi connectivity index (χ1n) is 8.16. The van der Waals surface area contributed by atoms with E-state index in [4.69, 9.17) is 4.74 Å². The molecule has 0 heterocycles. The first-order chi connectivity index (χ1) is 9.25. The molecule has 0 aliphatic heterocycles. The third-order valence-electron chi connectivity index (χ3n) is 4.95. The van der Waals surface area contributed by atoms with Crippen LogP contribution in [0.5, 0.6) is 0 Å². The van der Waals surface area contributed by atoms with Crippen LogP contribution in [0.1, 0.15) is 53.9 Å². The molecule has 20 heavy (non-hydrogen) atoms. The fraction of sp³-hybridized carbons (Fsp3) is 1.00. The van der Waals surface area contributed by atoms with Crippen LogP contribution in [-0.4, -0.2) is 49.0 Å². The Hall–Kier alpha value is -0.120. The molecule has 0 saturated heterocycles. The summed E-state index contributed by atoms with van der Waals surface area (Å²) < 4.78 is 5.21. The third-order valence-corrected chi connectivity index (χ3v) is 4.95. The summed E-state index contributed by atoms with van der Waals surface area (Å²) in [5, 5.41) is 10.4. The molecule has 3 nitrogen and oxygen atoms in total. The number of nitrogens with zero attached hydrogens (tertiary/aromatic N) is 1. The number of hydrogen-bond acceptors (Lipinski definition) is 3. The van der Waals surface area contributed by atoms with E-state index in [-0.39, 0.29) is 6.10 Å². The Labute approximate surface area is 125 Å². The van der Waals surface area contributed by atoms with E-state index in [1.54, 1.807) is 7.11 Å². The lowest BCUT2D eigenvalue weighted by atomic mass is 9.68. The topological polar surface area (TPSA) is 32.7 Å². The van der Waals surface area contributed by atoms with E-state index in [0.29, 0.717) is 17.4 Å². The average Bonchev–Trinajstić information content (AvgIpc) is 2.34. The van der Waals surface area contributed by atoms with Gasteiger partial charge in [-0.15, -0.1) is 0 Å². The fourth-order valence-electron chi connectivity index (χ4n) is 3.30. The summed E-state index contributed by atoms with van der Waals surface area (Å²) in [7, 11) is 1.75. The molecule has 0 bridgehead atoms. The van der Waals surface area contributed by atoms with Crippen molar-refractivity contribution in [2.24, 2.45) is 17.3 Å². The zero-order valence-corrected chi connectivity index (χ0v) is 14.4. The van der Waals surface area contributed by atoms with Gasteiger partial charge in [-0.2, -0.15) is 0 Å². The highest BCUT2D eigenvalue weighted by Gasteiger charge is 2.35. The quantitative estimate of drug-likeness (QED) is 0.813. The second-order valence-corrected chi connectivity index (χ2v) is 7.78. The fourth-order valence-corrected chi connectivity index (χ4v) is 3.30. The lowest BCUT2D eigenvalue weighted by Gasteiger charge is -2.42. The monoisotopic (exact) mass is 285 g/mol. The van der Waals surface area contributed by atoms with Crippen LogP contribution in [0.15, 0.2) is 0 Å². The Morgan fingerprint density at radius 1 is 1.25 bits per heavy atom. The number of methoxy groups -OCH3 is 1. The van der Waals surface area contributed by atoms with Crippen molar-refractivity contribution in [1.82, 2.24) is 4.90 Å². The van der Waals surface area contributed by atoms with E-state index in [9.17, 15) is 5.11 Å². The van der Waals surface area contributed by atoms with Crippen LogP contribution in [0, 0.1) is 17.3 Å². The van der Waals surface area contributed by atoms with E-state index in [0.717, 1.165) is 38.5 Å². The standard InChI is InChI=1S/C17H35NO2/c1-13(2)18(9-10-20-6)12-14-11-15(17(3,4)5)7-8-16(14)19/h13-16,19H,7-12H2,1-6H3. The number of ether oxygens (including phenoxy) is 1. The molecule has 1 saturated carbocycles. The van der Waals surface area contributed by atoms with Gasteiger partial charge in [0, 0.05) is 26.2 Å². The molecule has 0 aromatic carbocycles. The van der Waals surface area contributed by atoms with Crippen molar-refractivity contribution in [3.63, 3.8) is 0 Å². The van der Waals surface area contributed by atoms with E-state index >= 15 is 0 Å². The molecule has 0 amide bonds. The molecule has 1 aliphatic rings. The van der Waals surface area contributed by atoms with Crippen molar-refractivity contribution in [3.8, 4) is 0 Å². The number of aliphatic hydroxyl groups is 1. The molecule has 1 rings (SSSR count). The summed E-state index contributed by atoms with van der Waals surface area (Å²) >= 11 is 0. The van der Waals surface area contributed by atoms with Crippen molar-refractivity contribution >= 4 is 0 Å². The van der Waals surface area contributed by atoms with Crippen LogP contribution in [0.3, 0.4) is 0 Å². The van der Waals surface area contributed by atoms with Crippen LogP contribution in [0.4, 0.5) is 0 Å². The molecule has 0 aromatic heterocycles. The Kier molecular flexibility index (Phi) is 6.96. The molecule has 1 N–H and O–H groups in total. The van der Waals surface area contributed by atoms with Gasteiger partial charge < -0.3 is 9.84 Å². The third kappa shape index (κ3) is 5.34. The van der Waals surface area contributed by atoms with Gasteiger partial charge in [0.2, 0.25) is 0 Å². The minimum atomic E-state index is -0.127. The molecular weight excluding hydrogens is 250 g/mol. The zero-order chi connectivity index (χ0) is 15.3. The van der Waals surface area contributed by atoms with Crippen LogP contribution in [0.25, 0.3) is 0 Å². The highest BCUT2D eigenvalue weighted by molar-refractivity contribution is 4.87. The number of rotatable bonds is 6. The maximum atomic E-state index is 10.4. The van der Waals surface area contributed by atoms with Gasteiger partial charge in [-0.05, 0) is 50.4 Å². The highest BCUT2D eigenvalue weighted by atomic mass is 16.5. The lowest BCUT2D eigenvalue weighted by molar-refractivity contribution is -0.00470. The van der Waals surface area contributed by atoms with Gasteiger partial charge in [0.1, 0.15) is 0 Å². The highest BCUT2D eigenvalue weighted by Crippen LogP contribution is 2.40. The maximum absolute atomic E-state index is 10.4. The van der Waals surface area contributed by atoms with Gasteiger partial charge in [-0.25, -0.2) is 0 Å². The van der Waals surface area contributed by atoms with Crippen LogP contribution in [0.2, 0.25) is 0 Å². The summed E-state index contributed by atoms with van der Waals surface area (Å²) in [4.78, 5) is 2.45. The van der Waals surface area contributed by atoms with Crippen molar-refractivity contribution < 1.29 is 9.84 Å². The van der Waals surface area contributed by atoms with Crippen molar-refractivity contribution in [1.29, 1.82) is 0 Å². The Morgan fingerprint density at radius 3 is 2.40 bits per heavy atom. The molecule has 0 spiro atoms. The molecular formula is C17H35NO2. The van der Waals surface area contributed by atoms with Crippen LogP contribution >= 0.6 is 0 Å². The molecule has 1 fully saturated rings. The Bertz CT molecular complexity index is 273. The van der Waals surface area contributed by atoms with Gasteiger partial charge >= 0.3 is 0 Å².